The summed E-state index contributed by atoms with van der Waals surface area (Å²) in [5, 5.41) is 6.31. The van der Waals surface area contributed by atoms with Crippen molar-refractivity contribution >= 4 is 11.8 Å². The largest absolute Gasteiger partial charge is 0.493 e. The van der Waals surface area contributed by atoms with E-state index in [4.69, 9.17) is 4.74 Å². The van der Waals surface area contributed by atoms with Gasteiger partial charge < -0.3 is 15.4 Å². The van der Waals surface area contributed by atoms with Crippen molar-refractivity contribution in [3.8, 4) is 5.75 Å². The number of hydrogen-bond acceptors (Lipinski definition) is 3. The van der Waals surface area contributed by atoms with Crippen molar-refractivity contribution in [3.05, 3.63) is 29.8 Å². The number of ether oxygens (including phenoxy) is 1. The molecule has 5 heteroatoms. The second-order valence-electron chi connectivity index (χ2n) is 9.03. The quantitative estimate of drug-likeness (QED) is 0.672. The van der Waals surface area contributed by atoms with Crippen molar-refractivity contribution in [2.45, 2.75) is 63.8 Å². The molecule has 4 saturated carbocycles. The van der Waals surface area contributed by atoms with Gasteiger partial charge in [0, 0.05) is 18.5 Å². The van der Waals surface area contributed by atoms with Crippen LogP contribution in [0.1, 0.15) is 68.6 Å². The fraction of sp³-hybridized carbons (Fsp3) is 0.652. The molecule has 1 aromatic carbocycles. The predicted octanol–water partition coefficient (Wildman–Crippen LogP) is 3.68. The van der Waals surface area contributed by atoms with E-state index in [2.05, 4.69) is 10.6 Å². The topological polar surface area (TPSA) is 67.4 Å². The summed E-state index contributed by atoms with van der Waals surface area (Å²) in [5.41, 5.74) is 0.619. The minimum Gasteiger partial charge on any atom is -0.493 e. The van der Waals surface area contributed by atoms with Crippen molar-refractivity contribution in [3.63, 3.8) is 0 Å². The molecule has 4 aliphatic rings. The van der Waals surface area contributed by atoms with E-state index >= 15 is 0 Å². The molecule has 4 bridgehead atoms. The normalized spacial score (nSPS) is 30.1. The summed E-state index contributed by atoms with van der Waals surface area (Å²) >= 11 is 0. The van der Waals surface area contributed by atoms with E-state index in [0.717, 1.165) is 17.8 Å². The Morgan fingerprint density at radius 1 is 1.07 bits per heavy atom. The third-order valence-corrected chi connectivity index (χ3v) is 6.74. The average Bonchev–Trinajstić information content (AvgIpc) is 2.64. The zero-order chi connectivity index (χ0) is 19.6. The monoisotopic (exact) mass is 384 g/mol. The number of rotatable bonds is 8. The Hall–Kier alpha value is -2.04. The lowest BCUT2D eigenvalue weighted by atomic mass is 9.53. The van der Waals surface area contributed by atoms with E-state index in [-0.39, 0.29) is 17.4 Å². The molecule has 0 aliphatic heterocycles. The molecular weight excluding hydrogens is 352 g/mol. The Morgan fingerprint density at radius 3 is 2.36 bits per heavy atom. The Balaban J connectivity index is 1.22. The number of para-hydroxylation sites is 1. The predicted molar refractivity (Wildman–Crippen MR) is 108 cm³/mol. The molecule has 2 amide bonds. The van der Waals surface area contributed by atoms with Crippen molar-refractivity contribution < 1.29 is 14.3 Å². The Bertz CT molecular complexity index is 695. The maximum atomic E-state index is 12.5. The highest BCUT2D eigenvalue weighted by atomic mass is 16.5. The van der Waals surface area contributed by atoms with Crippen LogP contribution in [0.4, 0.5) is 0 Å². The Labute approximate surface area is 167 Å². The first-order valence-electron chi connectivity index (χ1n) is 10.9. The zero-order valence-corrected chi connectivity index (χ0v) is 16.8. The first-order valence-corrected chi connectivity index (χ1v) is 10.9. The van der Waals surface area contributed by atoms with Gasteiger partial charge in [0.25, 0.3) is 5.91 Å². The summed E-state index contributed by atoms with van der Waals surface area (Å²) in [6, 6.07) is 7.25. The van der Waals surface area contributed by atoms with Gasteiger partial charge in [-0.1, -0.05) is 12.1 Å². The molecule has 0 spiro atoms. The van der Waals surface area contributed by atoms with Crippen LogP contribution in [0.5, 0.6) is 5.75 Å². The molecule has 5 rings (SSSR count). The number of amides is 2. The fourth-order valence-corrected chi connectivity index (χ4v) is 6.10. The van der Waals surface area contributed by atoms with Gasteiger partial charge in [0.1, 0.15) is 5.75 Å². The van der Waals surface area contributed by atoms with Crippen LogP contribution < -0.4 is 15.4 Å². The van der Waals surface area contributed by atoms with Crippen molar-refractivity contribution in [1.82, 2.24) is 10.6 Å². The lowest BCUT2D eigenvalue weighted by Crippen LogP contribution is -2.59. The van der Waals surface area contributed by atoms with E-state index in [1.807, 2.05) is 19.1 Å². The van der Waals surface area contributed by atoms with Crippen LogP contribution in [0.15, 0.2) is 24.3 Å². The van der Waals surface area contributed by atoms with Crippen LogP contribution in [-0.4, -0.2) is 30.5 Å². The molecule has 0 aromatic heterocycles. The molecule has 0 heterocycles. The molecule has 1 aromatic rings. The smallest absolute Gasteiger partial charge is 0.255 e. The van der Waals surface area contributed by atoms with Gasteiger partial charge in [-0.25, -0.2) is 0 Å². The minimum absolute atomic E-state index is 0.0749. The zero-order valence-electron chi connectivity index (χ0n) is 16.8. The third-order valence-electron chi connectivity index (χ3n) is 6.74. The van der Waals surface area contributed by atoms with Gasteiger partial charge in [-0.3, -0.25) is 9.59 Å². The highest BCUT2D eigenvalue weighted by molar-refractivity contribution is 5.96. The van der Waals surface area contributed by atoms with Gasteiger partial charge >= 0.3 is 0 Å². The summed E-state index contributed by atoms with van der Waals surface area (Å²) < 4.78 is 5.51. The highest BCUT2D eigenvalue weighted by Crippen LogP contribution is 2.55. The number of carbonyl (C=O) groups is 2. The lowest BCUT2D eigenvalue weighted by Gasteiger charge is -2.56. The molecule has 2 N–H and O–H groups in total. The summed E-state index contributed by atoms with van der Waals surface area (Å²) in [4.78, 5) is 24.9. The Kier molecular flexibility index (Phi) is 5.61. The molecule has 4 fully saturated rings. The van der Waals surface area contributed by atoms with Gasteiger partial charge in [0.05, 0.1) is 12.2 Å². The van der Waals surface area contributed by atoms with E-state index in [1.165, 1.54) is 38.5 Å². The van der Waals surface area contributed by atoms with Crippen LogP contribution >= 0.6 is 0 Å². The SMILES string of the molecule is CCOc1ccccc1C(=O)NCCCC(=O)NC12CC3CC(CC(C3)C1)C2. The molecule has 0 unspecified atom stereocenters. The van der Waals surface area contributed by atoms with Crippen LogP contribution in [0.25, 0.3) is 0 Å². The van der Waals surface area contributed by atoms with Crippen LogP contribution in [-0.2, 0) is 4.79 Å². The molecule has 4 aliphatic carbocycles. The molecule has 28 heavy (non-hydrogen) atoms. The van der Waals surface area contributed by atoms with Crippen molar-refractivity contribution in [2.24, 2.45) is 17.8 Å². The molecule has 0 saturated heterocycles. The van der Waals surface area contributed by atoms with Gasteiger partial charge in [0.15, 0.2) is 0 Å². The van der Waals surface area contributed by atoms with E-state index in [0.29, 0.717) is 37.3 Å². The number of hydrogen-bond donors (Lipinski definition) is 2. The van der Waals surface area contributed by atoms with E-state index in [1.54, 1.807) is 12.1 Å². The summed E-state index contributed by atoms with van der Waals surface area (Å²) in [5.74, 6) is 3.09. The van der Waals surface area contributed by atoms with E-state index < -0.39 is 0 Å². The summed E-state index contributed by atoms with van der Waals surface area (Å²) in [7, 11) is 0. The number of carbonyl (C=O) groups excluding carboxylic acids is 2. The second kappa shape index (κ2) is 8.14. The van der Waals surface area contributed by atoms with Gasteiger partial charge in [0.2, 0.25) is 5.91 Å². The van der Waals surface area contributed by atoms with Crippen LogP contribution in [0, 0.1) is 17.8 Å². The minimum atomic E-state index is -0.148. The third kappa shape index (κ3) is 4.18. The molecule has 0 atom stereocenters. The number of benzene rings is 1. The maximum Gasteiger partial charge on any atom is 0.255 e. The molecular formula is C23H32N2O3. The van der Waals surface area contributed by atoms with Crippen molar-refractivity contribution in [1.29, 1.82) is 0 Å². The van der Waals surface area contributed by atoms with Gasteiger partial charge in [-0.2, -0.15) is 0 Å². The molecule has 152 valence electrons. The first-order chi connectivity index (χ1) is 13.6. The first kappa shape index (κ1) is 19.3. The van der Waals surface area contributed by atoms with Gasteiger partial charge in [-0.15, -0.1) is 0 Å². The fourth-order valence-electron chi connectivity index (χ4n) is 6.10. The summed E-state index contributed by atoms with van der Waals surface area (Å²) in [6.45, 7) is 2.92. The maximum absolute atomic E-state index is 12.5. The second-order valence-corrected chi connectivity index (χ2v) is 9.03. The molecule has 5 nitrogen and oxygen atoms in total. The van der Waals surface area contributed by atoms with Gasteiger partial charge in [-0.05, 0) is 81.8 Å². The Morgan fingerprint density at radius 2 is 1.71 bits per heavy atom. The average molecular weight is 385 g/mol. The standard InChI is InChI=1S/C23H32N2O3/c1-2-28-20-7-4-3-6-19(20)22(27)24-9-5-8-21(26)25-23-13-16-10-17(14-23)12-18(11-16)15-23/h3-4,6-7,16-18H,2,5,8-15H2,1H3,(H,24,27)(H,25,26). The van der Waals surface area contributed by atoms with Crippen molar-refractivity contribution in [2.75, 3.05) is 13.2 Å². The van der Waals surface area contributed by atoms with Crippen LogP contribution in [0.3, 0.4) is 0 Å². The van der Waals surface area contributed by atoms with E-state index in [9.17, 15) is 9.59 Å². The molecule has 0 radical (unpaired) electrons. The highest BCUT2D eigenvalue weighted by Gasteiger charge is 2.51. The number of nitrogens with one attached hydrogen (secondary N) is 2. The lowest BCUT2D eigenvalue weighted by molar-refractivity contribution is -0.126. The van der Waals surface area contributed by atoms with Crippen LogP contribution in [0.2, 0.25) is 0 Å². The summed E-state index contributed by atoms with van der Waals surface area (Å²) in [6.07, 6.45) is 8.79.